The molecule has 0 heterocycles. The molecule has 0 aromatic heterocycles. The van der Waals surface area contributed by atoms with Crippen LogP contribution in [0.1, 0.15) is 34.1 Å². The summed E-state index contributed by atoms with van der Waals surface area (Å²) in [5.41, 5.74) is 0. The normalized spacial score (nSPS) is 10.6. The summed E-state index contributed by atoms with van der Waals surface area (Å²) in [6.45, 7) is 9.55. The van der Waals surface area contributed by atoms with E-state index < -0.39 is 8.60 Å². The summed E-state index contributed by atoms with van der Waals surface area (Å²) in [6, 6.07) is 3.26. The van der Waals surface area contributed by atoms with Crippen LogP contribution in [0.2, 0.25) is 0 Å². The van der Waals surface area contributed by atoms with Gasteiger partial charge in [0.05, 0.1) is 17.9 Å². The zero-order valence-electron chi connectivity index (χ0n) is 10.1. The minimum atomic E-state index is -2.33. The SMILES string of the molecule is CC(C)N(CCC#N)C(C)C.OP(O)OCl. The minimum Gasteiger partial charge on any atom is -0.327 e. The van der Waals surface area contributed by atoms with Gasteiger partial charge in [0.25, 0.3) is 0 Å². The van der Waals surface area contributed by atoms with E-state index in [0.29, 0.717) is 18.5 Å². The third-order valence-corrected chi connectivity index (χ3v) is 2.36. The Balaban J connectivity index is 0. The third kappa shape index (κ3) is 12.1. The second-order valence-electron chi connectivity index (χ2n) is 3.66. The third-order valence-electron chi connectivity index (χ3n) is 1.87. The van der Waals surface area contributed by atoms with Crippen LogP contribution in [0.4, 0.5) is 0 Å². The predicted octanol–water partition coefficient (Wildman–Crippen LogP) is 2.39. The fourth-order valence-electron chi connectivity index (χ4n) is 1.29. The van der Waals surface area contributed by atoms with E-state index in [1.165, 1.54) is 0 Å². The van der Waals surface area contributed by atoms with Gasteiger partial charge in [0.15, 0.2) is 0 Å². The number of nitrogens with zero attached hydrogens (tertiary/aromatic N) is 2. The molecule has 5 nitrogen and oxygen atoms in total. The van der Waals surface area contributed by atoms with Crippen LogP contribution in [-0.4, -0.2) is 33.3 Å². The summed E-state index contributed by atoms with van der Waals surface area (Å²) in [5.74, 6) is 0. The van der Waals surface area contributed by atoms with Gasteiger partial charge in [0.2, 0.25) is 0 Å². The van der Waals surface area contributed by atoms with Crippen LogP contribution in [0.15, 0.2) is 0 Å². The first-order chi connectivity index (χ1) is 7.36. The molecule has 96 valence electrons. The smallest absolute Gasteiger partial charge is 0.327 e. The van der Waals surface area contributed by atoms with Crippen molar-refractivity contribution in [3.63, 3.8) is 0 Å². The highest BCUT2D eigenvalue weighted by Gasteiger charge is 2.11. The molecule has 0 spiro atoms. The van der Waals surface area contributed by atoms with Gasteiger partial charge in [-0.25, -0.2) is 0 Å². The zero-order chi connectivity index (χ0) is 13.1. The van der Waals surface area contributed by atoms with Crippen molar-refractivity contribution in [1.82, 2.24) is 4.90 Å². The van der Waals surface area contributed by atoms with Gasteiger partial charge >= 0.3 is 8.60 Å². The molecule has 0 aromatic carbocycles. The summed E-state index contributed by atoms with van der Waals surface area (Å²) in [4.78, 5) is 17.6. The standard InChI is InChI=1S/C9H18N2.ClH2O3P/c1-8(2)11(9(3)4)7-5-6-10;1-4-5(2)3/h8-9H,5,7H2,1-4H3;2-3H. The lowest BCUT2D eigenvalue weighted by Crippen LogP contribution is -2.37. The molecule has 0 bridgehead atoms. The lowest BCUT2D eigenvalue weighted by molar-refractivity contribution is 0.179. The molecule has 0 unspecified atom stereocenters. The average molecular weight is 271 g/mol. The Bertz CT molecular complexity index is 190. The van der Waals surface area contributed by atoms with Gasteiger partial charge in [-0.2, -0.15) is 9.34 Å². The maximum absolute atomic E-state index is 8.40. The van der Waals surface area contributed by atoms with Gasteiger partial charge in [0, 0.05) is 25.0 Å². The number of rotatable bonds is 5. The van der Waals surface area contributed by atoms with Gasteiger partial charge in [-0.05, 0) is 27.7 Å². The Morgan fingerprint density at radius 2 is 1.69 bits per heavy atom. The van der Waals surface area contributed by atoms with Gasteiger partial charge in [0.1, 0.15) is 0 Å². The molecule has 0 fully saturated rings. The van der Waals surface area contributed by atoms with Crippen LogP contribution in [-0.2, 0) is 4.08 Å². The Kier molecular flexibility index (Phi) is 13.3. The van der Waals surface area contributed by atoms with Crippen molar-refractivity contribution >= 4 is 20.5 Å². The fraction of sp³-hybridized carbons (Fsp3) is 0.889. The lowest BCUT2D eigenvalue weighted by atomic mass is 10.2. The molecule has 0 aliphatic carbocycles. The van der Waals surface area contributed by atoms with Crippen LogP contribution in [0.5, 0.6) is 0 Å². The summed E-state index contributed by atoms with van der Waals surface area (Å²) in [7, 11) is -2.33. The van der Waals surface area contributed by atoms with Crippen molar-refractivity contribution < 1.29 is 13.9 Å². The van der Waals surface area contributed by atoms with Crippen molar-refractivity contribution in [1.29, 1.82) is 5.26 Å². The molecule has 0 amide bonds. The lowest BCUT2D eigenvalue weighted by Gasteiger charge is -2.29. The molecule has 7 heteroatoms. The van der Waals surface area contributed by atoms with Crippen molar-refractivity contribution in [2.75, 3.05) is 6.54 Å². The molecule has 0 saturated heterocycles. The van der Waals surface area contributed by atoms with Crippen LogP contribution >= 0.6 is 20.5 Å². The Hall–Kier alpha value is 0.0500. The molecular formula is C9H20ClN2O3P. The van der Waals surface area contributed by atoms with Crippen LogP contribution in [0.25, 0.3) is 0 Å². The molecule has 0 radical (unpaired) electrons. The van der Waals surface area contributed by atoms with E-state index >= 15 is 0 Å². The Morgan fingerprint density at radius 3 is 1.88 bits per heavy atom. The molecule has 0 rings (SSSR count). The van der Waals surface area contributed by atoms with E-state index in [2.05, 4.69) is 54.6 Å². The van der Waals surface area contributed by atoms with E-state index in [9.17, 15) is 0 Å². The topological polar surface area (TPSA) is 76.7 Å². The minimum absolute atomic E-state index is 0.545. The zero-order valence-corrected chi connectivity index (χ0v) is 11.7. The predicted molar refractivity (Wildman–Crippen MR) is 65.5 cm³/mol. The van der Waals surface area contributed by atoms with E-state index in [1.54, 1.807) is 0 Å². The summed E-state index contributed by atoms with van der Waals surface area (Å²) < 4.78 is 3.40. The number of halogens is 1. The molecule has 0 saturated carbocycles. The molecule has 2 N–H and O–H groups in total. The average Bonchev–Trinajstić information content (AvgIpc) is 2.18. The highest BCUT2D eigenvalue weighted by Crippen LogP contribution is 2.25. The summed E-state index contributed by atoms with van der Waals surface area (Å²) in [6.07, 6.45) is 0.635. The van der Waals surface area contributed by atoms with Crippen molar-refractivity contribution in [2.24, 2.45) is 0 Å². The maximum Gasteiger partial charge on any atom is 0.344 e. The second-order valence-corrected chi connectivity index (χ2v) is 4.71. The highest BCUT2D eigenvalue weighted by atomic mass is 35.5. The number of hydrogen-bond donors (Lipinski definition) is 2. The fourth-order valence-corrected chi connectivity index (χ4v) is 1.29. The monoisotopic (exact) mass is 270 g/mol. The first-order valence-electron chi connectivity index (χ1n) is 4.96. The maximum atomic E-state index is 8.40. The van der Waals surface area contributed by atoms with Gasteiger partial charge in [-0.3, -0.25) is 4.90 Å². The second kappa shape index (κ2) is 11.5. The van der Waals surface area contributed by atoms with E-state index in [4.69, 9.17) is 15.0 Å². The van der Waals surface area contributed by atoms with E-state index in [1.807, 2.05) is 0 Å². The van der Waals surface area contributed by atoms with Gasteiger partial charge in [-0.1, -0.05) is 0 Å². The molecule has 0 atom stereocenters. The molecule has 0 aromatic rings. The highest BCUT2D eigenvalue weighted by molar-refractivity contribution is 7.40. The Labute approximate surface area is 104 Å². The van der Waals surface area contributed by atoms with Gasteiger partial charge < -0.3 is 9.79 Å². The van der Waals surface area contributed by atoms with Gasteiger partial charge in [-0.15, -0.1) is 0 Å². The van der Waals surface area contributed by atoms with Crippen molar-refractivity contribution in [3.05, 3.63) is 0 Å². The van der Waals surface area contributed by atoms with Crippen LogP contribution in [0.3, 0.4) is 0 Å². The van der Waals surface area contributed by atoms with Crippen LogP contribution < -0.4 is 0 Å². The first-order valence-corrected chi connectivity index (χ1v) is 6.43. The molecule has 16 heavy (non-hydrogen) atoms. The Morgan fingerprint density at radius 1 is 1.31 bits per heavy atom. The van der Waals surface area contributed by atoms with Crippen LogP contribution in [0, 0.1) is 11.3 Å². The summed E-state index contributed by atoms with van der Waals surface area (Å²) >= 11 is 4.37. The van der Waals surface area contributed by atoms with E-state index in [0.717, 1.165) is 6.54 Å². The largest absolute Gasteiger partial charge is 0.344 e. The quantitative estimate of drug-likeness (QED) is 0.750. The van der Waals surface area contributed by atoms with E-state index in [-0.39, 0.29) is 0 Å². The molecule has 0 aliphatic rings. The first kappa shape index (κ1) is 18.4. The molecule has 0 aliphatic heterocycles. The number of hydrogen-bond acceptors (Lipinski definition) is 5. The van der Waals surface area contributed by atoms with Crippen molar-refractivity contribution in [2.45, 2.75) is 46.2 Å². The number of nitriles is 1. The summed E-state index contributed by atoms with van der Waals surface area (Å²) in [5, 5.41) is 8.40. The van der Waals surface area contributed by atoms with Crippen molar-refractivity contribution in [3.8, 4) is 6.07 Å². The molecular weight excluding hydrogens is 251 g/mol.